The number of carbonyl (C=O) groups excluding carboxylic acids is 2. The molecule has 0 spiro atoms. The van der Waals surface area contributed by atoms with Crippen molar-refractivity contribution in [1.29, 1.82) is 0 Å². The number of hydrogen-bond acceptors (Lipinski definition) is 5. The SMILES string of the molecule is C[C@@H](OC(=O)c1nn(C)c(=O)c2ccccc12)C(=O)Nc1ccc(F)cc1Cl. The van der Waals surface area contributed by atoms with Crippen molar-refractivity contribution >= 4 is 39.9 Å². The molecule has 1 amide bonds. The molecule has 0 unspecified atom stereocenters. The van der Waals surface area contributed by atoms with Gasteiger partial charge in [-0.15, -0.1) is 0 Å². The zero-order chi connectivity index (χ0) is 20.4. The molecule has 1 atom stereocenters. The predicted octanol–water partition coefficient (Wildman–Crippen LogP) is 2.91. The highest BCUT2D eigenvalue weighted by molar-refractivity contribution is 6.33. The fourth-order valence-corrected chi connectivity index (χ4v) is 2.76. The summed E-state index contributed by atoms with van der Waals surface area (Å²) in [5.41, 5.74) is -0.261. The zero-order valence-corrected chi connectivity index (χ0v) is 15.7. The molecule has 1 N–H and O–H groups in total. The van der Waals surface area contributed by atoms with Gasteiger partial charge in [0, 0.05) is 12.4 Å². The molecule has 0 fully saturated rings. The van der Waals surface area contributed by atoms with Gasteiger partial charge in [0.25, 0.3) is 11.5 Å². The van der Waals surface area contributed by atoms with Gasteiger partial charge >= 0.3 is 5.97 Å². The van der Waals surface area contributed by atoms with Crippen LogP contribution in [-0.4, -0.2) is 27.8 Å². The second-order valence-electron chi connectivity index (χ2n) is 5.98. The Morgan fingerprint density at radius 2 is 1.89 bits per heavy atom. The monoisotopic (exact) mass is 403 g/mol. The van der Waals surface area contributed by atoms with Crippen LogP contribution in [0.4, 0.5) is 10.1 Å². The number of carbonyl (C=O) groups is 2. The van der Waals surface area contributed by atoms with Crippen LogP contribution in [0.5, 0.6) is 0 Å². The van der Waals surface area contributed by atoms with E-state index >= 15 is 0 Å². The van der Waals surface area contributed by atoms with Crippen LogP contribution < -0.4 is 10.9 Å². The highest BCUT2D eigenvalue weighted by Crippen LogP contribution is 2.23. The molecule has 0 bridgehead atoms. The van der Waals surface area contributed by atoms with Gasteiger partial charge in [0.1, 0.15) is 5.82 Å². The smallest absolute Gasteiger partial charge is 0.360 e. The fraction of sp³-hybridized carbons (Fsp3) is 0.158. The summed E-state index contributed by atoms with van der Waals surface area (Å²) in [4.78, 5) is 37.0. The predicted molar refractivity (Wildman–Crippen MR) is 102 cm³/mol. The van der Waals surface area contributed by atoms with Crippen molar-refractivity contribution in [3.63, 3.8) is 0 Å². The number of aromatic nitrogens is 2. The first-order valence-electron chi connectivity index (χ1n) is 8.21. The third-order valence-electron chi connectivity index (χ3n) is 3.99. The van der Waals surface area contributed by atoms with Crippen LogP contribution in [0.15, 0.2) is 47.3 Å². The highest BCUT2D eigenvalue weighted by atomic mass is 35.5. The molecule has 1 aromatic heterocycles. The third kappa shape index (κ3) is 3.86. The lowest BCUT2D eigenvalue weighted by Crippen LogP contribution is -2.31. The molecule has 7 nitrogen and oxygen atoms in total. The summed E-state index contributed by atoms with van der Waals surface area (Å²) < 4.78 is 19.3. The average Bonchev–Trinajstić information content (AvgIpc) is 2.66. The van der Waals surface area contributed by atoms with Crippen molar-refractivity contribution in [3.05, 3.63) is 69.4 Å². The number of benzene rings is 2. The Balaban J connectivity index is 1.81. The van der Waals surface area contributed by atoms with Gasteiger partial charge in [-0.3, -0.25) is 9.59 Å². The molecule has 0 saturated carbocycles. The maximum Gasteiger partial charge on any atom is 0.360 e. The maximum absolute atomic E-state index is 13.1. The van der Waals surface area contributed by atoms with Crippen LogP contribution in [0.1, 0.15) is 17.4 Å². The lowest BCUT2D eigenvalue weighted by Gasteiger charge is -2.15. The summed E-state index contributed by atoms with van der Waals surface area (Å²) >= 11 is 5.87. The number of halogens is 2. The van der Waals surface area contributed by atoms with E-state index in [1.54, 1.807) is 24.3 Å². The van der Waals surface area contributed by atoms with Crippen LogP contribution in [-0.2, 0) is 16.6 Å². The summed E-state index contributed by atoms with van der Waals surface area (Å²) in [5, 5.41) is 7.06. The minimum Gasteiger partial charge on any atom is -0.448 e. The average molecular weight is 404 g/mol. The van der Waals surface area contributed by atoms with E-state index in [9.17, 15) is 18.8 Å². The van der Waals surface area contributed by atoms with E-state index < -0.39 is 23.8 Å². The first-order valence-corrected chi connectivity index (χ1v) is 8.58. The van der Waals surface area contributed by atoms with Crippen molar-refractivity contribution in [2.24, 2.45) is 7.05 Å². The van der Waals surface area contributed by atoms with Crippen LogP contribution in [0.2, 0.25) is 5.02 Å². The van der Waals surface area contributed by atoms with Crippen LogP contribution in [0, 0.1) is 5.82 Å². The van der Waals surface area contributed by atoms with Gasteiger partial charge in [-0.1, -0.05) is 29.8 Å². The Kier molecular flexibility index (Phi) is 5.41. The zero-order valence-electron chi connectivity index (χ0n) is 14.9. The Labute approximate surface area is 163 Å². The summed E-state index contributed by atoms with van der Waals surface area (Å²) in [6.07, 6.45) is -1.19. The number of rotatable bonds is 4. The third-order valence-corrected chi connectivity index (χ3v) is 4.30. The largest absolute Gasteiger partial charge is 0.448 e. The van der Waals surface area contributed by atoms with Gasteiger partial charge in [-0.25, -0.2) is 13.9 Å². The second kappa shape index (κ2) is 7.77. The number of aryl methyl sites for hydroxylation is 1. The molecule has 1 heterocycles. The number of nitrogens with zero attached hydrogens (tertiary/aromatic N) is 2. The van der Waals surface area contributed by atoms with Crippen LogP contribution in [0.3, 0.4) is 0 Å². The molecule has 0 radical (unpaired) electrons. The Bertz CT molecular complexity index is 1150. The van der Waals surface area contributed by atoms with Gasteiger partial charge in [-0.2, -0.15) is 5.10 Å². The van der Waals surface area contributed by atoms with Gasteiger partial charge in [0.05, 0.1) is 16.1 Å². The summed E-state index contributed by atoms with van der Waals surface area (Å²) in [5.74, 6) is -2.06. The van der Waals surface area contributed by atoms with Crippen molar-refractivity contribution in [2.75, 3.05) is 5.32 Å². The molecule has 0 saturated heterocycles. The van der Waals surface area contributed by atoms with Gasteiger partial charge in [0.15, 0.2) is 11.8 Å². The summed E-state index contributed by atoms with van der Waals surface area (Å²) in [6, 6.07) is 9.96. The molecule has 0 aliphatic heterocycles. The molecule has 28 heavy (non-hydrogen) atoms. The summed E-state index contributed by atoms with van der Waals surface area (Å²) in [6.45, 7) is 1.37. The topological polar surface area (TPSA) is 90.3 Å². The van der Waals surface area contributed by atoms with E-state index in [1.165, 1.54) is 20.0 Å². The number of amides is 1. The van der Waals surface area contributed by atoms with Gasteiger partial charge in [0.2, 0.25) is 0 Å². The molecule has 144 valence electrons. The molecule has 3 aromatic rings. The quantitative estimate of drug-likeness (QED) is 0.676. The van der Waals surface area contributed by atoms with E-state index in [1.807, 2.05) is 0 Å². The molecular formula is C19H15ClFN3O4. The molecule has 2 aromatic carbocycles. The van der Waals surface area contributed by atoms with E-state index in [-0.39, 0.29) is 22.0 Å². The van der Waals surface area contributed by atoms with Gasteiger partial charge < -0.3 is 10.1 Å². The van der Waals surface area contributed by atoms with E-state index in [2.05, 4.69) is 10.4 Å². The van der Waals surface area contributed by atoms with Crippen LogP contribution in [0.25, 0.3) is 10.8 Å². The number of fused-ring (bicyclic) bond motifs is 1. The van der Waals surface area contributed by atoms with Crippen molar-refractivity contribution in [1.82, 2.24) is 9.78 Å². The number of anilines is 1. The second-order valence-corrected chi connectivity index (χ2v) is 6.39. The highest BCUT2D eigenvalue weighted by Gasteiger charge is 2.23. The maximum atomic E-state index is 13.1. The standard InChI is InChI=1S/C19H15ClFN3O4/c1-10(17(25)22-15-8-7-11(21)9-14(15)20)28-19(27)16-12-5-3-4-6-13(12)18(26)24(2)23-16/h3-10H,1-2H3,(H,22,25)/t10-/m1/s1. The van der Waals surface area contributed by atoms with E-state index in [0.29, 0.717) is 10.8 Å². The molecular weight excluding hydrogens is 389 g/mol. The molecule has 0 aliphatic rings. The molecule has 9 heteroatoms. The Morgan fingerprint density at radius 3 is 2.57 bits per heavy atom. The number of ether oxygens (including phenoxy) is 1. The Morgan fingerprint density at radius 1 is 1.21 bits per heavy atom. The first-order chi connectivity index (χ1) is 13.3. The molecule has 3 rings (SSSR count). The number of hydrogen-bond donors (Lipinski definition) is 1. The van der Waals surface area contributed by atoms with Crippen molar-refractivity contribution < 1.29 is 18.7 Å². The Hall–Kier alpha value is -3.26. The number of nitrogens with one attached hydrogen (secondary N) is 1. The van der Waals surface area contributed by atoms with E-state index in [4.69, 9.17) is 16.3 Å². The molecule has 0 aliphatic carbocycles. The number of esters is 1. The fourth-order valence-electron chi connectivity index (χ4n) is 2.55. The van der Waals surface area contributed by atoms with Gasteiger partial charge in [-0.05, 0) is 31.2 Å². The van der Waals surface area contributed by atoms with Crippen molar-refractivity contribution in [2.45, 2.75) is 13.0 Å². The minimum atomic E-state index is -1.19. The van der Waals surface area contributed by atoms with E-state index in [0.717, 1.165) is 16.8 Å². The summed E-state index contributed by atoms with van der Waals surface area (Å²) in [7, 11) is 1.41. The normalized spacial score (nSPS) is 11.9. The van der Waals surface area contributed by atoms with Crippen LogP contribution >= 0.6 is 11.6 Å². The lowest BCUT2D eigenvalue weighted by molar-refractivity contribution is -0.123. The first kappa shape index (κ1) is 19.5. The minimum absolute atomic E-state index is 0.0117. The lowest BCUT2D eigenvalue weighted by atomic mass is 10.1. The van der Waals surface area contributed by atoms with Crippen molar-refractivity contribution in [3.8, 4) is 0 Å².